The number of benzene rings is 2. The normalized spacial score (nSPS) is 12.8. The molecule has 0 radical (unpaired) electrons. The van der Waals surface area contributed by atoms with E-state index in [2.05, 4.69) is 89.6 Å². The first-order valence-electron chi connectivity index (χ1n) is 13.9. The maximum atomic E-state index is 12.4. The van der Waals surface area contributed by atoms with Crippen LogP contribution in [0.2, 0.25) is 0 Å². The Kier molecular flexibility index (Phi) is 15.8. The molecule has 0 spiro atoms. The quantitative estimate of drug-likeness (QED) is 0.160. The van der Waals surface area contributed by atoms with Crippen LogP contribution in [0.15, 0.2) is 78.9 Å². The predicted octanol–water partition coefficient (Wildman–Crippen LogP) is 6.75. The Hall–Kier alpha value is -3.15. The van der Waals surface area contributed by atoms with Crippen molar-refractivity contribution < 1.29 is 15.0 Å². The molecule has 0 aromatic heterocycles. The van der Waals surface area contributed by atoms with Crippen molar-refractivity contribution in [2.24, 2.45) is 0 Å². The van der Waals surface area contributed by atoms with E-state index in [1.165, 1.54) is 22.3 Å². The molecule has 3 unspecified atom stereocenters. The first-order valence-corrected chi connectivity index (χ1v) is 13.9. The number of nitrogens with one attached hydrogen (secondary N) is 2. The summed E-state index contributed by atoms with van der Waals surface area (Å²) in [6.45, 7) is 20.1. The summed E-state index contributed by atoms with van der Waals surface area (Å²) in [6, 6.07) is 14.4. The summed E-state index contributed by atoms with van der Waals surface area (Å²) in [4.78, 5) is 12.4. The molecule has 0 heterocycles. The van der Waals surface area contributed by atoms with E-state index in [4.69, 9.17) is 0 Å². The molecular formula is C34H50N2O3. The fourth-order valence-corrected chi connectivity index (χ4v) is 4.19. The molecule has 4 N–H and O–H groups in total. The van der Waals surface area contributed by atoms with Crippen LogP contribution in [0.1, 0.15) is 82.6 Å². The SMILES string of the molecule is C=CC=C.CC(C)=C(C)CC(C)NC(=O)CCc1cccc(CC(C)NCC(C)c2ccc(O)c(CO)c2)c1. The molecule has 2 aromatic rings. The lowest BCUT2D eigenvalue weighted by Gasteiger charge is -2.19. The second-order valence-electron chi connectivity index (χ2n) is 10.7. The summed E-state index contributed by atoms with van der Waals surface area (Å²) in [5.41, 5.74) is 6.75. The molecule has 2 aromatic carbocycles. The third-order valence-corrected chi connectivity index (χ3v) is 6.83. The van der Waals surface area contributed by atoms with Gasteiger partial charge in [0.05, 0.1) is 6.61 Å². The summed E-state index contributed by atoms with van der Waals surface area (Å²) < 4.78 is 0. The van der Waals surface area contributed by atoms with Crippen molar-refractivity contribution in [2.75, 3.05) is 6.54 Å². The zero-order valence-corrected chi connectivity index (χ0v) is 24.9. The highest BCUT2D eigenvalue weighted by molar-refractivity contribution is 5.76. The number of phenols is 1. The first-order chi connectivity index (χ1) is 18.5. The number of aromatic hydroxyl groups is 1. The van der Waals surface area contributed by atoms with Crippen LogP contribution in [0.25, 0.3) is 0 Å². The van der Waals surface area contributed by atoms with Crippen molar-refractivity contribution in [3.05, 3.63) is 101 Å². The number of amides is 1. The summed E-state index contributed by atoms with van der Waals surface area (Å²) >= 11 is 0. The molecular weight excluding hydrogens is 484 g/mol. The van der Waals surface area contributed by atoms with Crippen LogP contribution >= 0.6 is 0 Å². The molecule has 0 saturated carbocycles. The molecule has 0 fully saturated rings. The van der Waals surface area contributed by atoms with Gasteiger partial charge in [-0.15, -0.1) is 0 Å². The van der Waals surface area contributed by atoms with Gasteiger partial charge in [-0.3, -0.25) is 4.79 Å². The number of carbonyl (C=O) groups excluding carboxylic acids is 1. The lowest BCUT2D eigenvalue weighted by atomic mass is 9.97. The third-order valence-electron chi connectivity index (χ3n) is 6.83. The highest BCUT2D eigenvalue weighted by Gasteiger charge is 2.12. The van der Waals surface area contributed by atoms with Gasteiger partial charge in [0.2, 0.25) is 5.91 Å². The molecule has 1 amide bonds. The topological polar surface area (TPSA) is 81.6 Å². The molecule has 0 saturated heterocycles. The van der Waals surface area contributed by atoms with E-state index in [9.17, 15) is 15.0 Å². The monoisotopic (exact) mass is 534 g/mol. The molecule has 39 heavy (non-hydrogen) atoms. The van der Waals surface area contributed by atoms with Crippen LogP contribution in [0.4, 0.5) is 0 Å². The minimum Gasteiger partial charge on any atom is -0.508 e. The maximum Gasteiger partial charge on any atom is 0.220 e. The molecule has 2 rings (SSSR count). The van der Waals surface area contributed by atoms with E-state index in [0.29, 0.717) is 18.0 Å². The van der Waals surface area contributed by atoms with Gasteiger partial charge in [-0.2, -0.15) is 0 Å². The minimum atomic E-state index is -0.164. The molecule has 0 aliphatic rings. The number of rotatable bonds is 14. The van der Waals surface area contributed by atoms with E-state index in [1.807, 2.05) is 12.1 Å². The van der Waals surface area contributed by atoms with E-state index in [0.717, 1.165) is 31.4 Å². The van der Waals surface area contributed by atoms with Gasteiger partial charge in [-0.05, 0) is 88.6 Å². The minimum absolute atomic E-state index is 0.104. The number of hydrogen-bond acceptors (Lipinski definition) is 4. The summed E-state index contributed by atoms with van der Waals surface area (Å²) in [5, 5.41) is 25.9. The fourth-order valence-electron chi connectivity index (χ4n) is 4.19. The summed E-state index contributed by atoms with van der Waals surface area (Å²) in [7, 11) is 0. The van der Waals surface area contributed by atoms with Gasteiger partial charge in [0, 0.05) is 30.6 Å². The number of hydrogen-bond donors (Lipinski definition) is 4. The Morgan fingerprint density at radius 1 is 0.974 bits per heavy atom. The maximum absolute atomic E-state index is 12.4. The summed E-state index contributed by atoms with van der Waals surface area (Å²) in [5.74, 6) is 0.499. The zero-order valence-electron chi connectivity index (χ0n) is 24.9. The van der Waals surface area contributed by atoms with E-state index in [-0.39, 0.29) is 30.2 Å². The van der Waals surface area contributed by atoms with E-state index < -0.39 is 0 Å². The van der Waals surface area contributed by atoms with Gasteiger partial charge in [0.15, 0.2) is 0 Å². The Balaban J connectivity index is 0.00000177. The lowest BCUT2D eigenvalue weighted by molar-refractivity contribution is -0.121. The van der Waals surface area contributed by atoms with Crippen LogP contribution in [-0.2, 0) is 24.2 Å². The lowest BCUT2D eigenvalue weighted by Crippen LogP contribution is -2.33. The van der Waals surface area contributed by atoms with Crippen molar-refractivity contribution >= 4 is 5.91 Å². The Labute approximate surface area is 236 Å². The summed E-state index contributed by atoms with van der Waals surface area (Å²) in [6.07, 6.45) is 6.31. The van der Waals surface area contributed by atoms with Gasteiger partial charge in [0.1, 0.15) is 5.75 Å². The second kappa shape index (κ2) is 18.2. The van der Waals surface area contributed by atoms with Crippen LogP contribution in [0, 0.1) is 0 Å². The van der Waals surface area contributed by atoms with Crippen molar-refractivity contribution in [3.8, 4) is 5.75 Å². The number of aryl methyl sites for hydroxylation is 1. The first kappa shape index (κ1) is 33.9. The fraction of sp³-hybridized carbons (Fsp3) is 0.441. The smallest absolute Gasteiger partial charge is 0.220 e. The average Bonchev–Trinajstić information content (AvgIpc) is 2.91. The molecule has 3 atom stereocenters. The van der Waals surface area contributed by atoms with Crippen LogP contribution in [0.3, 0.4) is 0 Å². The molecule has 0 aliphatic carbocycles. The van der Waals surface area contributed by atoms with Crippen LogP contribution < -0.4 is 10.6 Å². The van der Waals surface area contributed by atoms with Crippen molar-refractivity contribution in [2.45, 2.75) is 91.8 Å². The van der Waals surface area contributed by atoms with Crippen molar-refractivity contribution in [1.29, 1.82) is 0 Å². The van der Waals surface area contributed by atoms with Crippen molar-refractivity contribution in [3.63, 3.8) is 0 Å². The number of carbonyl (C=O) groups is 1. The van der Waals surface area contributed by atoms with E-state index >= 15 is 0 Å². The average molecular weight is 535 g/mol. The number of allylic oxidation sites excluding steroid dienone is 3. The Bertz CT molecular complexity index is 1080. The van der Waals surface area contributed by atoms with Crippen LogP contribution in [-0.4, -0.2) is 34.7 Å². The molecule has 5 nitrogen and oxygen atoms in total. The third kappa shape index (κ3) is 13.5. The highest BCUT2D eigenvalue weighted by Crippen LogP contribution is 2.23. The highest BCUT2D eigenvalue weighted by atomic mass is 16.3. The van der Waals surface area contributed by atoms with Gasteiger partial charge in [0.25, 0.3) is 0 Å². The number of aliphatic hydroxyl groups excluding tert-OH is 1. The second-order valence-corrected chi connectivity index (χ2v) is 10.7. The molecule has 5 heteroatoms. The van der Waals surface area contributed by atoms with Crippen LogP contribution in [0.5, 0.6) is 5.75 Å². The largest absolute Gasteiger partial charge is 0.508 e. The van der Waals surface area contributed by atoms with Gasteiger partial charge in [-0.25, -0.2) is 0 Å². The standard InChI is InChI=1S/C30H44N2O3.C4H6/c1-20(2)21(3)14-24(6)32-30(35)13-10-25-8-7-9-26(16-25)15-23(5)31-18-22(4)27-11-12-29(34)28(17-27)19-33;1-3-4-2/h7-9,11-12,16-17,22-24,31,33-34H,10,13-15,18-19H2,1-6H3,(H,32,35);3-4H,1-2H2. The predicted molar refractivity (Wildman–Crippen MR) is 165 cm³/mol. The van der Waals surface area contributed by atoms with Crippen molar-refractivity contribution in [1.82, 2.24) is 10.6 Å². The molecule has 0 aliphatic heterocycles. The molecule has 0 bridgehead atoms. The Morgan fingerprint density at radius 3 is 2.26 bits per heavy atom. The van der Waals surface area contributed by atoms with Gasteiger partial charge < -0.3 is 20.8 Å². The van der Waals surface area contributed by atoms with Gasteiger partial charge >= 0.3 is 0 Å². The Morgan fingerprint density at radius 2 is 1.64 bits per heavy atom. The zero-order chi connectivity index (χ0) is 29.4. The van der Waals surface area contributed by atoms with Gasteiger partial charge in [-0.1, -0.05) is 73.7 Å². The molecule has 214 valence electrons. The number of aliphatic hydroxyl groups is 1. The van der Waals surface area contributed by atoms with E-state index in [1.54, 1.807) is 18.2 Å².